The molecule has 0 heterocycles. The van der Waals surface area contributed by atoms with Crippen LogP contribution in [0.3, 0.4) is 0 Å². The third kappa shape index (κ3) is 53.5. The number of ether oxygens (including phenoxy) is 3. The molecule has 0 saturated heterocycles. The molecule has 0 aliphatic rings. The Hall–Kier alpha value is -3.41. The second-order valence-corrected chi connectivity index (χ2v) is 18.8. The maximum Gasteiger partial charge on any atom is 0.306 e. The number of allylic oxidation sites excluding steroid dienone is 14. The van der Waals surface area contributed by atoms with Crippen LogP contribution >= 0.6 is 0 Å². The van der Waals surface area contributed by atoms with Gasteiger partial charge >= 0.3 is 17.9 Å². The predicted molar refractivity (Wildman–Crippen MR) is 293 cm³/mol. The summed E-state index contributed by atoms with van der Waals surface area (Å²) in [5.74, 6) is -0.973. The number of rotatable bonds is 51. The van der Waals surface area contributed by atoms with Gasteiger partial charge < -0.3 is 14.2 Å². The molecule has 0 N–H and O–H groups in total. The van der Waals surface area contributed by atoms with E-state index in [1.165, 1.54) is 135 Å². The predicted octanol–water partition coefficient (Wildman–Crippen LogP) is 19.2. The zero-order valence-corrected chi connectivity index (χ0v) is 44.6. The first kappa shape index (κ1) is 64.6. The van der Waals surface area contributed by atoms with Gasteiger partial charge in [-0.2, -0.15) is 0 Å². The standard InChI is InChI=1S/C62H106O6/c1-4-7-10-13-16-19-22-25-28-30-31-33-34-37-40-43-46-49-52-55-61(64)67-58-59(57-66-60(63)54-51-48-45-42-39-36-27-24-21-18-15-12-9-6-3)68-62(65)56-53-50-47-44-41-38-35-32-29-26-23-20-17-14-11-8-5-2/h15,17-18,20,24-29,35,38,44,47,59H,4-14,16,19,21-23,30-34,36-37,39-43,45-46,48-58H2,1-3H3/b18-15-,20-17-,27-24-,28-25-,29-26-,38-35-,47-44-/t59-/m1/s1. The zero-order chi connectivity index (χ0) is 49.3. The zero-order valence-electron chi connectivity index (χ0n) is 44.6. The van der Waals surface area contributed by atoms with Crippen LogP contribution in [0.4, 0.5) is 0 Å². The van der Waals surface area contributed by atoms with Gasteiger partial charge in [-0.15, -0.1) is 0 Å². The molecule has 0 aliphatic carbocycles. The summed E-state index contributed by atoms with van der Waals surface area (Å²) in [6, 6.07) is 0. The molecule has 0 spiro atoms. The smallest absolute Gasteiger partial charge is 0.306 e. The maximum atomic E-state index is 12.8. The first-order valence-electron chi connectivity index (χ1n) is 28.6. The highest BCUT2D eigenvalue weighted by Crippen LogP contribution is 2.14. The van der Waals surface area contributed by atoms with E-state index in [2.05, 4.69) is 106 Å². The van der Waals surface area contributed by atoms with Gasteiger partial charge in [0.15, 0.2) is 6.10 Å². The normalized spacial score (nSPS) is 12.7. The van der Waals surface area contributed by atoms with Gasteiger partial charge in [-0.25, -0.2) is 0 Å². The molecule has 0 rings (SSSR count). The van der Waals surface area contributed by atoms with Crippen molar-refractivity contribution < 1.29 is 28.6 Å². The molecule has 68 heavy (non-hydrogen) atoms. The molecule has 6 nitrogen and oxygen atoms in total. The number of carbonyl (C=O) groups is 3. The molecule has 6 heteroatoms. The van der Waals surface area contributed by atoms with Gasteiger partial charge in [0.1, 0.15) is 13.2 Å². The van der Waals surface area contributed by atoms with Crippen molar-refractivity contribution in [2.45, 2.75) is 277 Å². The average molecular weight is 948 g/mol. The molecule has 0 aromatic rings. The Kier molecular flexibility index (Phi) is 53.4. The Labute approximate surface area is 420 Å². The molecule has 0 aliphatic heterocycles. The van der Waals surface area contributed by atoms with E-state index >= 15 is 0 Å². The lowest BCUT2D eigenvalue weighted by Crippen LogP contribution is -2.30. The van der Waals surface area contributed by atoms with Crippen molar-refractivity contribution in [3.8, 4) is 0 Å². The van der Waals surface area contributed by atoms with E-state index in [0.29, 0.717) is 19.3 Å². The third-order valence-electron chi connectivity index (χ3n) is 12.1. The lowest BCUT2D eigenvalue weighted by Gasteiger charge is -2.18. The van der Waals surface area contributed by atoms with Crippen LogP contribution in [0.2, 0.25) is 0 Å². The maximum absolute atomic E-state index is 12.8. The Balaban J connectivity index is 4.47. The van der Waals surface area contributed by atoms with Crippen LogP contribution in [0.1, 0.15) is 271 Å². The SMILES string of the molecule is CCCC/C=C\C/C=C\CCCCCCCC(=O)OC[C@H](COC(=O)CCCCCCCCCCC/C=C\CCCCCCCC)OC(=O)CCC/C=C\C/C=C\C/C=C\C/C=C\CCCCC. The van der Waals surface area contributed by atoms with Crippen molar-refractivity contribution in [2.75, 3.05) is 13.2 Å². The molecule has 0 amide bonds. The van der Waals surface area contributed by atoms with Gasteiger partial charge in [-0.3, -0.25) is 14.4 Å². The van der Waals surface area contributed by atoms with Gasteiger partial charge in [-0.05, 0) is 109 Å². The Morgan fingerprint density at radius 2 is 0.559 bits per heavy atom. The van der Waals surface area contributed by atoms with E-state index in [1.54, 1.807) is 0 Å². The van der Waals surface area contributed by atoms with E-state index in [9.17, 15) is 14.4 Å². The van der Waals surface area contributed by atoms with Gasteiger partial charge in [0.2, 0.25) is 0 Å². The summed E-state index contributed by atoms with van der Waals surface area (Å²) >= 11 is 0. The summed E-state index contributed by atoms with van der Waals surface area (Å²) in [5.41, 5.74) is 0. The molecule has 0 unspecified atom stereocenters. The van der Waals surface area contributed by atoms with Gasteiger partial charge in [0.05, 0.1) is 0 Å². The quantitative estimate of drug-likeness (QED) is 0.0262. The number of esters is 3. The van der Waals surface area contributed by atoms with Crippen LogP contribution in [0, 0.1) is 0 Å². The van der Waals surface area contributed by atoms with E-state index in [-0.39, 0.29) is 37.5 Å². The van der Waals surface area contributed by atoms with E-state index < -0.39 is 6.10 Å². The Bertz CT molecular complexity index is 1320. The molecule has 0 bridgehead atoms. The highest BCUT2D eigenvalue weighted by atomic mass is 16.6. The third-order valence-corrected chi connectivity index (χ3v) is 12.1. The summed E-state index contributed by atoms with van der Waals surface area (Å²) < 4.78 is 16.8. The van der Waals surface area contributed by atoms with Crippen LogP contribution < -0.4 is 0 Å². The van der Waals surface area contributed by atoms with Crippen LogP contribution in [0.5, 0.6) is 0 Å². The first-order chi connectivity index (χ1) is 33.5. The second-order valence-electron chi connectivity index (χ2n) is 18.8. The molecule has 0 fully saturated rings. The number of hydrogen-bond donors (Lipinski definition) is 0. The lowest BCUT2D eigenvalue weighted by molar-refractivity contribution is -0.167. The van der Waals surface area contributed by atoms with Crippen molar-refractivity contribution in [3.05, 3.63) is 85.1 Å². The molecule has 0 saturated carbocycles. The first-order valence-corrected chi connectivity index (χ1v) is 28.6. The van der Waals surface area contributed by atoms with Crippen molar-refractivity contribution in [3.63, 3.8) is 0 Å². The average Bonchev–Trinajstić information content (AvgIpc) is 3.34. The molecule has 1 atom stereocenters. The Morgan fingerprint density at radius 1 is 0.294 bits per heavy atom. The van der Waals surface area contributed by atoms with Crippen molar-refractivity contribution in [1.29, 1.82) is 0 Å². The molecule has 0 aromatic carbocycles. The summed E-state index contributed by atoms with van der Waals surface area (Å²) in [5, 5.41) is 0. The molecular weight excluding hydrogens is 841 g/mol. The van der Waals surface area contributed by atoms with Crippen molar-refractivity contribution in [2.24, 2.45) is 0 Å². The molecular formula is C62H106O6. The molecule has 0 radical (unpaired) electrons. The summed E-state index contributed by atoms with van der Waals surface area (Å²) in [6.45, 7) is 6.52. The molecule has 390 valence electrons. The minimum absolute atomic E-state index is 0.104. The fourth-order valence-corrected chi connectivity index (χ4v) is 7.74. The van der Waals surface area contributed by atoms with Crippen LogP contribution in [0.15, 0.2) is 85.1 Å². The van der Waals surface area contributed by atoms with Crippen molar-refractivity contribution in [1.82, 2.24) is 0 Å². The van der Waals surface area contributed by atoms with Crippen LogP contribution in [0.25, 0.3) is 0 Å². The van der Waals surface area contributed by atoms with Gasteiger partial charge in [0, 0.05) is 19.3 Å². The van der Waals surface area contributed by atoms with Crippen molar-refractivity contribution >= 4 is 17.9 Å². The highest BCUT2D eigenvalue weighted by molar-refractivity contribution is 5.71. The fourth-order valence-electron chi connectivity index (χ4n) is 7.74. The van der Waals surface area contributed by atoms with Crippen LogP contribution in [-0.4, -0.2) is 37.2 Å². The van der Waals surface area contributed by atoms with E-state index in [1.807, 2.05) is 0 Å². The van der Waals surface area contributed by atoms with E-state index in [4.69, 9.17) is 14.2 Å². The summed E-state index contributed by atoms with van der Waals surface area (Å²) in [7, 11) is 0. The number of carbonyl (C=O) groups excluding carboxylic acids is 3. The number of hydrogen-bond acceptors (Lipinski definition) is 6. The van der Waals surface area contributed by atoms with E-state index in [0.717, 1.165) is 89.9 Å². The summed E-state index contributed by atoms with van der Waals surface area (Å²) in [4.78, 5) is 38.1. The lowest BCUT2D eigenvalue weighted by atomic mass is 10.1. The highest BCUT2D eigenvalue weighted by Gasteiger charge is 2.19. The number of unbranched alkanes of at least 4 members (excludes halogenated alkanes) is 26. The Morgan fingerprint density at radius 3 is 0.956 bits per heavy atom. The minimum atomic E-state index is -0.812. The van der Waals surface area contributed by atoms with Gasteiger partial charge in [0.25, 0.3) is 0 Å². The fraction of sp³-hybridized carbons (Fsp3) is 0.726. The topological polar surface area (TPSA) is 78.9 Å². The minimum Gasteiger partial charge on any atom is -0.462 e. The largest absolute Gasteiger partial charge is 0.462 e. The molecule has 0 aromatic heterocycles. The second kappa shape index (κ2) is 56.2. The monoisotopic (exact) mass is 947 g/mol. The van der Waals surface area contributed by atoms with Crippen LogP contribution in [-0.2, 0) is 28.6 Å². The van der Waals surface area contributed by atoms with Gasteiger partial charge in [-0.1, -0.05) is 228 Å². The summed E-state index contributed by atoms with van der Waals surface area (Å²) in [6.07, 6.45) is 72.9.